The molecule has 2 fully saturated rings. The zero-order chi connectivity index (χ0) is 46.7. The first-order valence-electron chi connectivity index (χ1n) is 17.4. The van der Waals surface area contributed by atoms with E-state index in [1.54, 1.807) is 41.5 Å². The third-order valence-corrected chi connectivity index (χ3v) is 11.5. The van der Waals surface area contributed by atoms with Gasteiger partial charge in [-0.15, -0.1) is 0 Å². The molecular weight excluding hydrogens is 1950 g/mol. The van der Waals surface area contributed by atoms with Crippen molar-refractivity contribution in [3.63, 3.8) is 0 Å². The van der Waals surface area contributed by atoms with Crippen molar-refractivity contribution in [1.82, 2.24) is 18.1 Å². The van der Waals surface area contributed by atoms with E-state index in [2.05, 4.69) is 197 Å². The molecule has 0 saturated carbocycles. The molecule has 0 aliphatic carbocycles. The summed E-state index contributed by atoms with van der Waals surface area (Å²) in [6.45, 7) is 7.55. The molecule has 2 amide bonds. The Balaban J connectivity index is -0.000000721. The number of nitrogen functional groups attached to an aromatic ring is 3. The number of nitrogens with two attached hydrogens (primary N) is 3. The minimum atomic E-state index is -0.278. The van der Waals surface area contributed by atoms with Crippen molar-refractivity contribution in [3.8, 4) is 0 Å². The fourth-order valence-corrected chi connectivity index (χ4v) is 7.28. The number of hydrogen-bond acceptors (Lipinski definition) is 11. The fourth-order valence-electron chi connectivity index (χ4n) is 5.09. The number of nitrogens with zero attached hydrogens (tertiary/aromatic N) is 4. The number of amides is 2. The van der Waals surface area contributed by atoms with Gasteiger partial charge in [0, 0.05) is 85.0 Å². The van der Waals surface area contributed by atoms with Crippen LogP contribution in [-0.2, 0) is 56.2 Å². The van der Waals surface area contributed by atoms with Gasteiger partial charge >= 0.3 is 136 Å². The van der Waals surface area contributed by atoms with Crippen molar-refractivity contribution in [3.05, 3.63) is 124 Å². The first-order valence-corrected chi connectivity index (χ1v) is 44.4. The molecule has 0 spiro atoms. The average Bonchev–Trinajstić information content (AvgIpc) is 3.49. The van der Waals surface area contributed by atoms with E-state index in [1.165, 1.54) is 0 Å². The minimum Gasteiger partial charge on any atom is 0 e. The largest absolute Gasteiger partial charge is 0 e. The Labute approximate surface area is 522 Å². The number of imide groups is 1. The molecule has 66 heavy (non-hydrogen) atoms. The summed E-state index contributed by atoms with van der Waals surface area (Å²) in [7, 11) is 0.221. The summed E-state index contributed by atoms with van der Waals surface area (Å²) in [6.07, 6.45) is 6.14. The van der Waals surface area contributed by atoms with Gasteiger partial charge in [-0.3, -0.25) is 9.59 Å². The van der Waals surface area contributed by atoms with E-state index in [4.69, 9.17) is 30.9 Å². The maximum atomic E-state index is 10.5. The maximum Gasteiger partial charge on any atom is 0 e. The summed E-state index contributed by atoms with van der Waals surface area (Å²) in [5.41, 5.74) is 18.0. The van der Waals surface area contributed by atoms with Crippen LogP contribution < -0.4 is 17.2 Å². The second-order valence-electron chi connectivity index (χ2n) is 12.2. The van der Waals surface area contributed by atoms with Crippen LogP contribution in [0.15, 0.2) is 92.7 Å². The Morgan fingerprint density at radius 2 is 1.02 bits per heavy atom. The molecule has 12 nitrogen and oxygen atoms in total. The van der Waals surface area contributed by atoms with Gasteiger partial charge < -0.3 is 53.2 Å². The van der Waals surface area contributed by atoms with E-state index in [0.717, 1.165) is 58.0 Å². The quantitative estimate of drug-likeness (QED) is 0.0433. The van der Waals surface area contributed by atoms with Gasteiger partial charge in [-0.05, 0) is 109 Å². The summed E-state index contributed by atoms with van der Waals surface area (Å²) in [4.78, 5) is 32.9. The van der Waals surface area contributed by atoms with Crippen molar-refractivity contribution in [1.29, 1.82) is 0 Å². The van der Waals surface area contributed by atoms with Crippen LogP contribution in [0.3, 0.4) is 0 Å². The van der Waals surface area contributed by atoms with Crippen LogP contribution in [0.2, 0.25) is 20.5 Å². The molecule has 6 N–H and O–H groups in total. The van der Waals surface area contributed by atoms with Crippen LogP contribution >= 0.6 is 193 Å². The van der Waals surface area contributed by atoms with Gasteiger partial charge in [-0.1, -0.05) is 66.0 Å². The number of fused-ring (bicyclic) bond motifs is 3. The number of hydrogen-bond donors (Lipinski definition) is 3. The summed E-state index contributed by atoms with van der Waals surface area (Å²) < 4.78 is 20.7. The molecular formula is C38H44B3Br3I7N7O5V3-3. The van der Waals surface area contributed by atoms with Crippen LogP contribution in [0, 0.1) is 32.8 Å². The Hall–Kier alpha value is 2.81. The van der Waals surface area contributed by atoms with E-state index < -0.39 is 0 Å². The van der Waals surface area contributed by atoms with Gasteiger partial charge in [0.1, 0.15) is 17.5 Å². The molecule has 3 aromatic heterocycles. The topological polar surface area (TPSA) is 182 Å². The van der Waals surface area contributed by atoms with E-state index in [1.807, 2.05) is 75.9 Å². The van der Waals surface area contributed by atoms with E-state index in [9.17, 15) is 9.59 Å². The number of halogens is 10. The Bertz CT molecular complexity index is 2250. The van der Waals surface area contributed by atoms with Crippen molar-refractivity contribution < 1.29 is 56.2 Å². The van der Waals surface area contributed by atoms with Gasteiger partial charge in [-0.2, -0.15) is 0 Å². The Morgan fingerprint density at radius 1 is 0.652 bits per heavy atom. The molecule has 2 aliphatic heterocycles. The zero-order valence-corrected chi connectivity index (χ0v) is 60.4. The number of aryl methyl sites for hydroxylation is 1. The molecule has 0 atom stereocenters. The van der Waals surface area contributed by atoms with Crippen molar-refractivity contribution >= 4 is 276 Å². The smallest absolute Gasteiger partial charge is 0 e. The zero-order valence-electron chi connectivity index (χ0n) is 36.3. The second kappa shape index (κ2) is 39.3. The molecule has 0 unspecified atom stereocenters. The third-order valence-electron chi connectivity index (χ3n) is 7.81. The maximum absolute atomic E-state index is 10.5. The number of anilines is 3. The number of carbonyl (C=O) groups excluding carboxylic acids is 2. The molecule has 3 aromatic carbocycles. The number of carbonyl (C=O) groups is 2. The second-order valence-corrected chi connectivity index (χ2v) is 64.2. The molecule has 358 valence electrons. The minimum absolute atomic E-state index is 0. The van der Waals surface area contributed by atoms with E-state index >= 15 is 0 Å². The average molecular weight is 1990 g/mol. The molecule has 6 aromatic rings. The van der Waals surface area contributed by atoms with Crippen molar-refractivity contribution in [2.24, 2.45) is 0 Å². The van der Waals surface area contributed by atoms with Gasteiger partial charge in [0.25, 0.3) is 0 Å². The molecule has 28 heteroatoms. The normalized spacial score (nSPS) is 12.2. The van der Waals surface area contributed by atoms with Crippen LogP contribution in [0.4, 0.5) is 17.5 Å². The van der Waals surface area contributed by atoms with Gasteiger partial charge in [0.15, 0.2) is 0 Å². The van der Waals surface area contributed by atoms with Crippen LogP contribution in [0.25, 0.3) is 32.3 Å². The Kier molecular flexibility index (Phi) is 43.4. The van der Waals surface area contributed by atoms with Crippen LogP contribution in [0.1, 0.15) is 18.4 Å². The Morgan fingerprint density at radius 3 is 1.44 bits per heavy atom. The number of rotatable bonds is 0. The van der Waals surface area contributed by atoms with Gasteiger partial charge in [0.05, 0.1) is 26.4 Å². The SMILES string of the molecule is CB1OB(C)OB(C)O1.Cc1c(N)ncc2ccc(Br)cc12.Nc1cc2cc(Br)ccc2cn1.Nc1ncc2ccc(Br)cc2c1I.O=C1CCC(=O)N1I.[CH3-].[CH3-].[CH3-].[I][V]([I])[I].[I][V][I].[V]. The predicted octanol–water partition coefficient (Wildman–Crippen LogP) is 15.3. The summed E-state index contributed by atoms with van der Waals surface area (Å²) >= 11 is 26.3. The number of benzene rings is 3. The van der Waals surface area contributed by atoms with Gasteiger partial charge in [0.2, 0.25) is 11.8 Å². The van der Waals surface area contributed by atoms with Crippen LogP contribution in [0.5, 0.6) is 0 Å². The van der Waals surface area contributed by atoms with E-state index in [-0.39, 0.29) is 78.9 Å². The number of aromatic nitrogens is 3. The van der Waals surface area contributed by atoms with Crippen LogP contribution in [-0.4, -0.2) is 51.2 Å². The predicted molar refractivity (Wildman–Crippen MR) is 342 cm³/mol. The third kappa shape index (κ3) is 27.9. The molecule has 0 bridgehead atoms. The van der Waals surface area contributed by atoms with Crippen molar-refractivity contribution in [2.45, 2.75) is 40.2 Å². The summed E-state index contributed by atoms with van der Waals surface area (Å²) in [5, 5.41) is 6.74. The van der Waals surface area contributed by atoms with Gasteiger partial charge in [-0.25, -0.2) is 18.1 Å². The summed E-state index contributed by atoms with van der Waals surface area (Å²) in [5.74, 6) is 1.60. The first-order chi connectivity index (χ1) is 29.2. The van der Waals surface area contributed by atoms with Crippen molar-refractivity contribution in [2.75, 3.05) is 17.2 Å². The number of pyridine rings is 3. The monoisotopic (exact) mass is 1990 g/mol. The molecule has 2 saturated heterocycles. The molecule has 5 heterocycles. The fraction of sp³-hybridized carbons (Fsp3) is 0.158. The molecule has 2 aliphatic rings. The first kappa shape index (κ1) is 73.1. The molecule has 8 rings (SSSR count). The molecule has 1 radical (unpaired) electrons. The standard InChI is InChI=1S/C10H9BrN2.C9H6BrIN2.C9H7BrN2.C4H4INO2.C3H9B3O3.3CH3.5HI.3V/c1-6-9-4-8(11)3-2-7(9)5-13-10(6)12;10-6-2-1-5-4-13-9(12)8(11)7(5)3-6;10-8-2-1-6-5-12-9(11)4-7(6)3-8;5-6-3(7)1-2-4(6)8;1-4-7-5(2)9-6(3)8-4;;;;;;;;;;;/h2-5H,1H3,(H2,12,13);1-4H,(H2,12,13);1-5H,(H2,11,12);1-2H2;1-3H3;3*1H3;5*1H;;;/q;;;;;3*-1;;;;;;;+2;+3/p-5. The van der Waals surface area contributed by atoms with E-state index in [0.29, 0.717) is 39.8 Å². The summed E-state index contributed by atoms with van der Waals surface area (Å²) in [6, 6.07) is 20.0.